The summed E-state index contributed by atoms with van der Waals surface area (Å²) in [7, 11) is 0. The van der Waals surface area contributed by atoms with Crippen molar-refractivity contribution in [1.82, 2.24) is 9.80 Å². The molecule has 0 radical (unpaired) electrons. The van der Waals surface area contributed by atoms with E-state index in [0.29, 0.717) is 6.17 Å². The molecule has 2 rings (SSSR count). The third-order valence-corrected chi connectivity index (χ3v) is 8.51. The highest BCUT2D eigenvalue weighted by Crippen LogP contribution is 2.25. The molecule has 0 aliphatic carbocycles. The third-order valence-electron chi connectivity index (χ3n) is 8.51. The number of nitrogens with zero attached hydrogens (tertiary/aromatic N) is 2. The van der Waals surface area contributed by atoms with Crippen LogP contribution in [0.25, 0.3) is 0 Å². The zero-order chi connectivity index (χ0) is 26.9. The maximum atomic E-state index is 2.65. The van der Waals surface area contributed by atoms with Gasteiger partial charge in [0.1, 0.15) is 6.17 Å². The molecule has 1 aliphatic heterocycles. The SMILES string of the molecule is CCCCCCCCCCCCCCCCCCC1N(CCCCCCCC)C=CN1Cc1ccccc1. The summed E-state index contributed by atoms with van der Waals surface area (Å²) >= 11 is 0. The molecule has 0 aromatic heterocycles. The average Bonchev–Trinajstić information content (AvgIpc) is 3.31. The second-order valence-corrected chi connectivity index (χ2v) is 12.0. The van der Waals surface area contributed by atoms with E-state index in [1.165, 1.54) is 160 Å². The van der Waals surface area contributed by atoms with Crippen molar-refractivity contribution in [3.05, 3.63) is 48.3 Å². The van der Waals surface area contributed by atoms with Gasteiger partial charge >= 0.3 is 0 Å². The lowest BCUT2D eigenvalue weighted by atomic mass is 10.0. The quantitative estimate of drug-likeness (QED) is 0.111. The minimum absolute atomic E-state index is 0.553. The molecule has 0 saturated carbocycles. The van der Waals surface area contributed by atoms with Gasteiger partial charge in [0.25, 0.3) is 0 Å². The van der Waals surface area contributed by atoms with Crippen LogP contribution in [0, 0.1) is 0 Å². The smallest absolute Gasteiger partial charge is 0.101 e. The molecule has 0 saturated heterocycles. The average molecular weight is 525 g/mol. The Morgan fingerprint density at radius 2 is 0.895 bits per heavy atom. The number of benzene rings is 1. The first kappa shape index (κ1) is 32.8. The van der Waals surface area contributed by atoms with Crippen molar-refractivity contribution in [1.29, 1.82) is 0 Å². The topological polar surface area (TPSA) is 6.48 Å². The molecular formula is C36H64N2. The first-order chi connectivity index (χ1) is 18.8. The van der Waals surface area contributed by atoms with E-state index in [1.807, 2.05) is 0 Å². The molecule has 1 heterocycles. The van der Waals surface area contributed by atoms with Gasteiger partial charge in [-0.25, -0.2) is 0 Å². The number of hydrogen-bond acceptors (Lipinski definition) is 2. The molecule has 38 heavy (non-hydrogen) atoms. The molecule has 2 heteroatoms. The Balaban J connectivity index is 1.54. The van der Waals surface area contributed by atoms with Gasteiger partial charge in [-0.2, -0.15) is 0 Å². The Hall–Kier alpha value is -1.44. The zero-order valence-corrected chi connectivity index (χ0v) is 25.7. The first-order valence-corrected chi connectivity index (χ1v) is 17.1. The van der Waals surface area contributed by atoms with Crippen LogP contribution in [-0.4, -0.2) is 22.5 Å². The molecule has 1 atom stereocenters. The van der Waals surface area contributed by atoms with Gasteiger partial charge in [0.2, 0.25) is 0 Å². The Morgan fingerprint density at radius 1 is 0.474 bits per heavy atom. The Kier molecular flexibility index (Phi) is 20.2. The van der Waals surface area contributed by atoms with Crippen LogP contribution in [0.1, 0.15) is 167 Å². The lowest BCUT2D eigenvalue weighted by molar-refractivity contribution is 0.132. The molecule has 0 spiro atoms. The van der Waals surface area contributed by atoms with Gasteiger partial charge in [-0.05, 0) is 24.8 Å². The van der Waals surface area contributed by atoms with Crippen molar-refractivity contribution in [2.75, 3.05) is 6.54 Å². The van der Waals surface area contributed by atoms with Gasteiger partial charge in [0.15, 0.2) is 0 Å². The molecular weight excluding hydrogens is 460 g/mol. The van der Waals surface area contributed by atoms with E-state index < -0.39 is 0 Å². The Bertz CT molecular complexity index is 655. The van der Waals surface area contributed by atoms with Crippen LogP contribution in [-0.2, 0) is 6.54 Å². The second kappa shape index (κ2) is 23.4. The van der Waals surface area contributed by atoms with Crippen LogP contribution >= 0.6 is 0 Å². The summed E-state index contributed by atoms with van der Waals surface area (Å²) in [6, 6.07) is 11.0. The summed E-state index contributed by atoms with van der Waals surface area (Å²) in [6.45, 7) is 6.87. The minimum Gasteiger partial charge on any atom is -0.356 e. The predicted molar refractivity (Wildman–Crippen MR) is 169 cm³/mol. The molecule has 218 valence electrons. The van der Waals surface area contributed by atoms with Crippen LogP contribution in [0.5, 0.6) is 0 Å². The van der Waals surface area contributed by atoms with Crippen molar-refractivity contribution >= 4 is 0 Å². The maximum Gasteiger partial charge on any atom is 0.101 e. The highest BCUT2D eigenvalue weighted by Gasteiger charge is 2.25. The number of rotatable bonds is 26. The van der Waals surface area contributed by atoms with Crippen LogP contribution in [0.4, 0.5) is 0 Å². The standard InChI is InChI=1S/C36H64N2/c1-3-5-7-9-11-12-13-14-15-16-17-18-19-20-21-26-30-36-37(31-27-22-10-8-6-4-2)32-33-38(36)34-35-28-24-23-25-29-35/h23-25,28-29,32-33,36H,3-22,26-27,30-31,34H2,1-2H3. The van der Waals surface area contributed by atoms with Gasteiger partial charge in [-0.15, -0.1) is 0 Å². The fourth-order valence-electron chi connectivity index (χ4n) is 6.02. The van der Waals surface area contributed by atoms with Gasteiger partial charge in [0.05, 0.1) is 0 Å². The van der Waals surface area contributed by atoms with E-state index in [-0.39, 0.29) is 0 Å². The van der Waals surface area contributed by atoms with Crippen molar-refractivity contribution < 1.29 is 0 Å². The Morgan fingerprint density at radius 3 is 1.39 bits per heavy atom. The van der Waals surface area contributed by atoms with Crippen molar-refractivity contribution in [3.8, 4) is 0 Å². The second-order valence-electron chi connectivity index (χ2n) is 12.0. The predicted octanol–water partition coefficient (Wildman–Crippen LogP) is 11.6. The van der Waals surface area contributed by atoms with Gasteiger partial charge in [-0.3, -0.25) is 0 Å². The lowest BCUT2D eigenvalue weighted by Crippen LogP contribution is -2.38. The van der Waals surface area contributed by atoms with E-state index in [1.54, 1.807) is 0 Å². The van der Waals surface area contributed by atoms with Crippen LogP contribution in [0.2, 0.25) is 0 Å². The van der Waals surface area contributed by atoms with E-state index in [4.69, 9.17) is 0 Å². The summed E-state index contributed by atoms with van der Waals surface area (Å²) in [5.41, 5.74) is 1.43. The van der Waals surface area contributed by atoms with E-state index in [0.717, 1.165) is 6.54 Å². The van der Waals surface area contributed by atoms with E-state index >= 15 is 0 Å². The normalized spacial score (nSPS) is 15.2. The van der Waals surface area contributed by atoms with Crippen molar-refractivity contribution in [2.45, 2.75) is 174 Å². The van der Waals surface area contributed by atoms with Crippen LogP contribution in [0.3, 0.4) is 0 Å². The molecule has 0 fully saturated rings. The highest BCUT2D eigenvalue weighted by molar-refractivity contribution is 5.16. The third kappa shape index (κ3) is 15.8. The summed E-state index contributed by atoms with van der Waals surface area (Å²) in [6.07, 6.45) is 37.9. The first-order valence-electron chi connectivity index (χ1n) is 17.1. The highest BCUT2D eigenvalue weighted by atomic mass is 15.4. The monoisotopic (exact) mass is 525 g/mol. The summed E-state index contributed by atoms with van der Waals surface area (Å²) < 4.78 is 0. The van der Waals surface area contributed by atoms with Gasteiger partial charge in [-0.1, -0.05) is 173 Å². The summed E-state index contributed by atoms with van der Waals surface area (Å²) in [4.78, 5) is 5.24. The molecule has 0 amide bonds. The lowest BCUT2D eigenvalue weighted by Gasteiger charge is -2.33. The number of unbranched alkanes of at least 4 members (excludes halogenated alkanes) is 20. The molecule has 2 nitrogen and oxygen atoms in total. The fourth-order valence-corrected chi connectivity index (χ4v) is 6.02. The zero-order valence-electron chi connectivity index (χ0n) is 25.7. The minimum atomic E-state index is 0.553. The van der Waals surface area contributed by atoms with Gasteiger partial charge < -0.3 is 9.80 Å². The molecule has 0 N–H and O–H groups in total. The number of hydrogen-bond donors (Lipinski definition) is 0. The summed E-state index contributed by atoms with van der Waals surface area (Å²) in [5, 5.41) is 0. The maximum absolute atomic E-state index is 2.65. The van der Waals surface area contributed by atoms with Gasteiger partial charge in [0, 0.05) is 25.5 Å². The molecule has 1 unspecified atom stereocenters. The largest absolute Gasteiger partial charge is 0.356 e. The molecule has 1 aromatic carbocycles. The van der Waals surface area contributed by atoms with E-state index in [9.17, 15) is 0 Å². The molecule has 1 aliphatic rings. The van der Waals surface area contributed by atoms with Crippen molar-refractivity contribution in [2.24, 2.45) is 0 Å². The van der Waals surface area contributed by atoms with E-state index in [2.05, 4.69) is 66.4 Å². The summed E-state index contributed by atoms with van der Waals surface area (Å²) in [5.74, 6) is 0. The molecule has 0 bridgehead atoms. The fraction of sp³-hybridized carbons (Fsp3) is 0.778. The van der Waals surface area contributed by atoms with Crippen LogP contribution in [0.15, 0.2) is 42.7 Å². The molecule has 1 aromatic rings. The van der Waals surface area contributed by atoms with Crippen LogP contribution < -0.4 is 0 Å². The van der Waals surface area contributed by atoms with Crippen molar-refractivity contribution in [3.63, 3.8) is 0 Å². The Labute approximate surface area is 238 Å².